The molecule has 0 saturated carbocycles. The normalized spacial score (nSPS) is 13.7. The van der Waals surface area contributed by atoms with E-state index in [2.05, 4.69) is 9.97 Å². The number of nitrogen functional groups attached to an aromatic ring is 1. The van der Waals surface area contributed by atoms with Gasteiger partial charge >= 0.3 is 5.97 Å². The number of methoxy groups -OCH3 is 2. The van der Waals surface area contributed by atoms with Crippen molar-refractivity contribution in [3.8, 4) is 11.5 Å². The second-order valence-corrected chi connectivity index (χ2v) is 8.55. The number of hydrogen-bond acceptors (Lipinski definition) is 10. The first kappa shape index (κ1) is 23.6. The van der Waals surface area contributed by atoms with Gasteiger partial charge in [0.15, 0.2) is 11.5 Å². The molecule has 0 bridgehead atoms. The number of piperazine rings is 1. The molecule has 0 spiro atoms. The predicted octanol–water partition coefficient (Wildman–Crippen LogP) is 2.36. The Kier molecular flexibility index (Phi) is 7.01. The zero-order chi connectivity index (χ0) is 24.2. The molecular formula is C23H27N5O5S. The molecule has 3 aromatic rings. The molecule has 0 atom stereocenters. The van der Waals surface area contributed by atoms with Crippen LogP contribution in [0.4, 0.5) is 11.8 Å². The summed E-state index contributed by atoms with van der Waals surface area (Å²) in [5, 5.41) is 2.37. The van der Waals surface area contributed by atoms with E-state index in [1.165, 1.54) is 11.3 Å². The Balaban J connectivity index is 1.48. The number of thiophene rings is 1. The van der Waals surface area contributed by atoms with E-state index in [1.807, 2.05) is 21.9 Å². The van der Waals surface area contributed by atoms with Crippen LogP contribution in [-0.4, -0.2) is 73.7 Å². The zero-order valence-electron chi connectivity index (χ0n) is 19.4. The van der Waals surface area contributed by atoms with Crippen molar-refractivity contribution >= 4 is 45.2 Å². The lowest BCUT2D eigenvalue weighted by Gasteiger charge is -2.36. The summed E-state index contributed by atoms with van der Waals surface area (Å²) in [6.45, 7) is 4.21. The lowest BCUT2D eigenvalue weighted by atomic mass is 10.1. The van der Waals surface area contributed by atoms with Gasteiger partial charge in [0.05, 0.1) is 38.2 Å². The Hall–Kier alpha value is -3.60. The number of carbonyl (C=O) groups excluding carboxylic acids is 2. The Morgan fingerprint density at radius 3 is 2.50 bits per heavy atom. The minimum atomic E-state index is -0.410. The molecule has 1 amide bonds. The SMILES string of the molecule is CCOC(=O)c1csc2nc(N)nc(N3CCN(C(=O)Cc4ccc(OC)c(OC)c4)CC3)c12. The highest BCUT2D eigenvalue weighted by molar-refractivity contribution is 7.17. The minimum Gasteiger partial charge on any atom is -0.493 e. The zero-order valence-corrected chi connectivity index (χ0v) is 20.2. The van der Waals surface area contributed by atoms with Gasteiger partial charge in [0, 0.05) is 31.6 Å². The van der Waals surface area contributed by atoms with Crippen molar-refractivity contribution in [1.82, 2.24) is 14.9 Å². The van der Waals surface area contributed by atoms with E-state index in [1.54, 1.807) is 32.6 Å². The van der Waals surface area contributed by atoms with Crippen molar-refractivity contribution in [3.05, 3.63) is 34.7 Å². The van der Waals surface area contributed by atoms with Crippen LogP contribution in [0.25, 0.3) is 10.2 Å². The minimum absolute atomic E-state index is 0.0296. The summed E-state index contributed by atoms with van der Waals surface area (Å²) < 4.78 is 15.8. The number of ether oxygens (including phenoxy) is 3. The maximum atomic E-state index is 12.9. The van der Waals surface area contributed by atoms with Crippen molar-refractivity contribution in [3.63, 3.8) is 0 Å². The maximum absolute atomic E-state index is 12.9. The molecule has 1 fully saturated rings. The number of rotatable bonds is 7. The summed E-state index contributed by atoms with van der Waals surface area (Å²) in [5.74, 6) is 1.58. The Labute approximate surface area is 201 Å². The summed E-state index contributed by atoms with van der Waals surface area (Å²) in [6.07, 6.45) is 0.266. The van der Waals surface area contributed by atoms with E-state index in [-0.39, 0.29) is 24.9 Å². The van der Waals surface area contributed by atoms with Crippen molar-refractivity contribution in [2.75, 3.05) is 57.6 Å². The van der Waals surface area contributed by atoms with E-state index >= 15 is 0 Å². The van der Waals surface area contributed by atoms with E-state index < -0.39 is 5.97 Å². The molecule has 2 aromatic heterocycles. The van der Waals surface area contributed by atoms with Gasteiger partial charge in [-0.1, -0.05) is 6.07 Å². The summed E-state index contributed by atoms with van der Waals surface area (Å²) >= 11 is 1.33. The second-order valence-electron chi connectivity index (χ2n) is 7.69. The van der Waals surface area contributed by atoms with Gasteiger partial charge in [-0.2, -0.15) is 4.98 Å². The number of amides is 1. The summed E-state index contributed by atoms with van der Waals surface area (Å²) in [5.41, 5.74) is 7.23. The standard InChI is InChI=1S/C23H27N5O5S/c1-4-33-22(30)15-13-34-21-19(15)20(25-23(24)26-21)28-9-7-27(8-10-28)18(29)12-14-5-6-16(31-2)17(11-14)32-3/h5-6,11,13H,4,7-10,12H2,1-3H3,(H2,24,25,26). The topological polar surface area (TPSA) is 120 Å². The van der Waals surface area contributed by atoms with Crippen LogP contribution in [0.5, 0.6) is 11.5 Å². The van der Waals surface area contributed by atoms with Crippen LogP contribution in [0.2, 0.25) is 0 Å². The Morgan fingerprint density at radius 2 is 1.82 bits per heavy atom. The second kappa shape index (κ2) is 10.1. The van der Waals surface area contributed by atoms with E-state index in [4.69, 9.17) is 19.9 Å². The highest BCUT2D eigenvalue weighted by atomic mass is 32.1. The number of aromatic nitrogens is 2. The van der Waals surface area contributed by atoms with Crippen LogP contribution in [0.3, 0.4) is 0 Å². The summed E-state index contributed by atoms with van der Waals surface area (Å²) in [7, 11) is 3.15. The van der Waals surface area contributed by atoms with Crippen molar-refractivity contribution < 1.29 is 23.8 Å². The molecular weight excluding hydrogens is 458 g/mol. The fraction of sp³-hybridized carbons (Fsp3) is 0.391. The van der Waals surface area contributed by atoms with Crippen LogP contribution in [0.15, 0.2) is 23.6 Å². The molecule has 0 radical (unpaired) electrons. The number of esters is 1. The molecule has 2 N–H and O–H groups in total. The van der Waals surface area contributed by atoms with Gasteiger partial charge < -0.3 is 29.7 Å². The third-order valence-electron chi connectivity index (χ3n) is 5.66. The molecule has 4 rings (SSSR count). The van der Waals surface area contributed by atoms with Gasteiger partial charge in [0.25, 0.3) is 0 Å². The van der Waals surface area contributed by atoms with Gasteiger partial charge in [-0.3, -0.25) is 4.79 Å². The number of carbonyl (C=O) groups is 2. The Bertz CT molecular complexity index is 1210. The smallest absolute Gasteiger partial charge is 0.339 e. The fourth-order valence-corrected chi connectivity index (χ4v) is 4.88. The van der Waals surface area contributed by atoms with Crippen molar-refractivity contribution in [1.29, 1.82) is 0 Å². The average Bonchev–Trinajstić information content (AvgIpc) is 3.27. The van der Waals surface area contributed by atoms with E-state index in [0.717, 1.165) is 5.56 Å². The third-order valence-corrected chi connectivity index (χ3v) is 6.53. The van der Waals surface area contributed by atoms with Crippen LogP contribution >= 0.6 is 11.3 Å². The first-order valence-corrected chi connectivity index (χ1v) is 11.8. The summed E-state index contributed by atoms with van der Waals surface area (Å²) in [6, 6.07) is 5.48. The lowest BCUT2D eigenvalue weighted by Crippen LogP contribution is -2.49. The van der Waals surface area contributed by atoms with Crippen LogP contribution in [-0.2, 0) is 16.0 Å². The lowest BCUT2D eigenvalue weighted by molar-refractivity contribution is -0.130. The number of hydrogen-bond donors (Lipinski definition) is 1. The number of nitrogens with two attached hydrogens (primary N) is 1. The summed E-state index contributed by atoms with van der Waals surface area (Å²) in [4.78, 5) is 38.6. The highest BCUT2D eigenvalue weighted by Gasteiger charge is 2.27. The molecule has 1 aliphatic heterocycles. The van der Waals surface area contributed by atoms with E-state index in [9.17, 15) is 9.59 Å². The van der Waals surface area contributed by atoms with Crippen LogP contribution in [0.1, 0.15) is 22.8 Å². The number of anilines is 2. The van der Waals surface area contributed by atoms with Gasteiger partial charge in [-0.25, -0.2) is 9.78 Å². The molecule has 1 aromatic carbocycles. The van der Waals surface area contributed by atoms with Crippen molar-refractivity contribution in [2.24, 2.45) is 0 Å². The van der Waals surface area contributed by atoms with Crippen LogP contribution in [0, 0.1) is 0 Å². The maximum Gasteiger partial charge on any atom is 0.339 e. The quantitative estimate of drug-likeness (QED) is 0.503. The molecule has 180 valence electrons. The Morgan fingerprint density at radius 1 is 1.09 bits per heavy atom. The first-order valence-electron chi connectivity index (χ1n) is 10.9. The number of fused-ring (bicyclic) bond motifs is 1. The largest absolute Gasteiger partial charge is 0.493 e. The molecule has 1 aliphatic rings. The molecule has 0 aliphatic carbocycles. The molecule has 0 unspecified atom stereocenters. The van der Waals surface area contributed by atoms with Gasteiger partial charge in [-0.05, 0) is 24.6 Å². The average molecular weight is 486 g/mol. The van der Waals surface area contributed by atoms with Gasteiger partial charge in [-0.15, -0.1) is 11.3 Å². The van der Waals surface area contributed by atoms with Crippen molar-refractivity contribution in [2.45, 2.75) is 13.3 Å². The molecule has 34 heavy (non-hydrogen) atoms. The van der Waals surface area contributed by atoms with Gasteiger partial charge in [0.2, 0.25) is 11.9 Å². The fourth-order valence-electron chi connectivity index (χ4n) is 3.97. The third kappa shape index (κ3) is 4.69. The van der Waals surface area contributed by atoms with E-state index in [0.29, 0.717) is 59.3 Å². The molecule has 1 saturated heterocycles. The number of nitrogens with zero attached hydrogens (tertiary/aromatic N) is 4. The molecule has 11 heteroatoms. The first-order chi connectivity index (χ1) is 16.4. The predicted molar refractivity (Wildman–Crippen MR) is 130 cm³/mol. The highest BCUT2D eigenvalue weighted by Crippen LogP contribution is 2.34. The molecule has 3 heterocycles. The molecule has 10 nitrogen and oxygen atoms in total. The number of benzene rings is 1. The van der Waals surface area contributed by atoms with Gasteiger partial charge in [0.1, 0.15) is 10.6 Å². The monoisotopic (exact) mass is 485 g/mol. The van der Waals surface area contributed by atoms with Crippen LogP contribution < -0.4 is 20.1 Å².